The van der Waals surface area contributed by atoms with E-state index in [1.54, 1.807) is 0 Å². The lowest BCUT2D eigenvalue weighted by Crippen LogP contribution is -2.37. The zero-order valence-electron chi connectivity index (χ0n) is 10.5. The molecule has 0 spiro atoms. The van der Waals surface area contributed by atoms with Gasteiger partial charge < -0.3 is 5.11 Å². The van der Waals surface area contributed by atoms with Gasteiger partial charge in [0, 0.05) is 18.7 Å². The third-order valence-corrected chi connectivity index (χ3v) is 5.93. The minimum Gasteiger partial charge on any atom is -0.388 e. The highest BCUT2D eigenvalue weighted by Gasteiger charge is 2.40. The Morgan fingerprint density at radius 3 is 2.82 bits per heavy atom. The van der Waals surface area contributed by atoms with Gasteiger partial charge in [-0.1, -0.05) is 13.8 Å². The first-order chi connectivity index (χ1) is 7.98. The molecule has 3 nitrogen and oxygen atoms in total. The molecule has 0 aliphatic carbocycles. The van der Waals surface area contributed by atoms with Crippen LogP contribution in [-0.4, -0.2) is 31.5 Å². The molecule has 0 radical (unpaired) electrons. The number of rotatable bonds is 3. The van der Waals surface area contributed by atoms with E-state index in [1.165, 1.54) is 0 Å². The van der Waals surface area contributed by atoms with Gasteiger partial charge in [0.05, 0.1) is 21.5 Å². The molecule has 5 heteroatoms. The van der Waals surface area contributed by atoms with Crippen molar-refractivity contribution in [1.82, 2.24) is 9.78 Å². The van der Waals surface area contributed by atoms with Crippen molar-refractivity contribution in [2.45, 2.75) is 44.0 Å². The Morgan fingerprint density at radius 2 is 2.35 bits per heavy atom. The molecule has 0 bridgehead atoms. The molecule has 2 heterocycles. The van der Waals surface area contributed by atoms with E-state index in [0.717, 1.165) is 34.5 Å². The van der Waals surface area contributed by atoms with Crippen LogP contribution < -0.4 is 0 Å². The first-order valence-electron chi connectivity index (χ1n) is 6.02. The van der Waals surface area contributed by atoms with Gasteiger partial charge in [-0.05, 0) is 34.5 Å². The summed E-state index contributed by atoms with van der Waals surface area (Å²) >= 11 is 5.47. The van der Waals surface area contributed by atoms with E-state index >= 15 is 0 Å². The first kappa shape index (κ1) is 13.4. The van der Waals surface area contributed by atoms with Crippen molar-refractivity contribution >= 4 is 27.7 Å². The van der Waals surface area contributed by atoms with Gasteiger partial charge >= 0.3 is 0 Å². The van der Waals surface area contributed by atoms with Gasteiger partial charge in [0.2, 0.25) is 0 Å². The number of nitrogens with zero attached hydrogens (tertiary/aromatic N) is 2. The molecule has 1 saturated heterocycles. The van der Waals surface area contributed by atoms with Gasteiger partial charge in [0.25, 0.3) is 0 Å². The molecule has 0 saturated carbocycles. The fourth-order valence-electron chi connectivity index (χ4n) is 2.30. The summed E-state index contributed by atoms with van der Waals surface area (Å²) < 4.78 is 2.97. The molecular weight excluding hydrogens is 300 g/mol. The highest BCUT2D eigenvalue weighted by Crippen LogP contribution is 2.39. The number of aliphatic hydroxyl groups is 1. The van der Waals surface area contributed by atoms with Crippen molar-refractivity contribution in [2.24, 2.45) is 7.05 Å². The predicted octanol–water partition coefficient (Wildman–Crippen LogP) is 2.54. The minimum absolute atomic E-state index is 0.300. The van der Waals surface area contributed by atoms with E-state index in [4.69, 9.17) is 0 Å². The second-order valence-corrected chi connectivity index (χ2v) is 6.97. The lowest BCUT2D eigenvalue weighted by Gasteiger charge is -2.26. The second kappa shape index (κ2) is 4.94. The maximum atomic E-state index is 10.7. The van der Waals surface area contributed by atoms with Crippen LogP contribution in [0.2, 0.25) is 0 Å². The van der Waals surface area contributed by atoms with Crippen LogP contribution in [0.15, 0.2) is 4.47 Å². The van der Waals surface area contributed by atoms with Crippen LogP contribution in [0, 0.1) is 0 Å². The van der Waals surface area contributed by atoms with Crippen molar-refractivity contribution in [3.8, 4) is 0 Å². The van der Waals surface area contributed by atoms with Gasteiger partial charge in [0.1, 0.15) is 0 Å². The number of halogens is 1. The van der Waals surface area contributed by atoms with Gasteiger partial charge in [-0.2, -0.15) is 16.9 Å². The normalized spacial score (nSPS) is 28.9. The SMILES string of the molecule is CCc1nn(C)c(CC2(O)CCSC2C)c1Br. The van der Waals surface area contributed by atoms with Crippen LogP contribution in [0.5, 0.6) is 0 Å². The molecule has 1 fully saturated rings. The van der Waals surface area contributed by atoms with Crippen molar-refractivity contribution in [2.75, 3.05) is 5.75 Å². The summed E-state index contributed by atoms with van der Waals surface area (Å²) in [4.78, 5) is 0. The average Bonchev–Trinajstić information content (AvgIpc) is 2.74. The molecule has 96 valence electrons. The highest BCUT2D eigenvalue weighted by atomic mass is 79.9. The van der Waals surface area contributed by atoms with E-state index in [9.17, 15) is 5.11 Å². The molecule has 1 aromatic heterocycles. The fraction of sp³-hybridized carbons (Fsp3) is 0.750. The van der Waals surface area contributed by atoms with E-state index < -0.39 is 5.60 Å². The molecule has 0 amide bonds. The molecule has 1 aliphatic rings. The molecule has 1 aliphatic heterocycles. The van der Waals surface area contributed by atoms with Crippen LogP contribution in [0.1, 0.15) is 31.7 Å². The second-order valence-electron chi connectivity index (χ2n) is 4.73. The Kier molecular flexibility index (Phi) is 3.90. The summed E-state index contributed by atoms with van der Waals surface area (Å²) in [5.41, 5.74) is 1.61. The van der Waals surface area contributed by atoms with Crippen molar-refractivity contribution in [1.29, 1.82) is 0 Å². The zero-order valence-corrected chi connectivity index (χ0v) is 12.9. The van der Waals surface area contributed by atoms with Gasteiger partial charge in [-0.15, -0.1) is 0 Å². The number of aryl methyl sites for hydroxylation is 2. The van der Waals surface area contributed by atoms with Crippen LogP contribution >= 0.6 is 27.7 Å². The summed E-state index contributed by atoms with van der Waals surface area (Å²) in [7, 11) is 1.95. The maximum Gasteiger partial charge on any atom is 0.0826 e. The summed E-state index contributed by atoms with van der Waals surface area (Å²) in [6.07, 6.45) is 2.47. The summed E-state index contributed by atoms with van der Waals surface area (Å²) in [5.74, 6) is 1.05. The smallest absolute Gasteiger partial charge is 0.0826 e. The quantitative estimate of drug-likeness (QED) is 0.930. The zero-order chi connectivity index (χ0) is 12.6. The van der Waals surface area contributed by atoms with Gasteiger partial charge in [0.15, 0.2) is 0 Å². The topological polar surface area (TPSA) is 38.0 Å². The van der Waals surface area contributed by atoms with Crippen LogP contribution in [0.3, 0.4) is 0 Å². The number of thioether (sulfide) groups is 1. The highest BCUT2D eigenvalue weighted by molar-refractivity contribution is 9.10. The number of hydrogen-bond acceptors (Lipinski definition) is 3. The molecule has 1 aromatic rings. The Morgan fingerprint density at radius 1 is 1.65 bits per heavy atom. The van der Waals surface area contributed by atoms with Crippen LogP contribution in [0.25, 0.3) is 0 Å². The van der Waals surface area contributed by atoms with E-state index in [2.05, 4.69) is 34.9 Å². The fourth-order valence-corrected chi connectivity index (χ4v) is 4.40. The maximum absolute atomic E-state index is 10.7. The number of hydrogen-bond donors (Lipinski definition) is 1. The van der Waals surface area contributed by atoms with Crippen molar-refractivity contribution in [3.63, 3.8) is 0 Å². The molecular formula is C12H19BrN2OS. The standard InChI is InChI=1S/C12H19BrN2OS/c1-4-9-11(13)10(15(3)14-9)7-12(16)5-6-17-8(12)2/h8,16H,4-7H2,1-3H3. The summed E-state index contributed by atoms with van der Waals surface area (Å²) in [6, 6.07) is 0. The monoisotopic (exact) mass is 318 g/mol. The lowest BCUT2D eigenvalue weighted by atomic mass is 9.91. The van der Waals surface area contributed by atoms with E-state index in [0.29, 0.717) is 11.7 Å². The van der Waals surface area contributed by atoms with Crippen molar-refractivity contribution < 1.29 is 5.11 Å². The van der Waals surface area contributed by atoms with Crippen molar-refractivity contribution in [3.05, 3.63) is 15.9 Å². The number of aromatic nitrogens is 2. The third kappa shape index (κ3) is 2.42. The lowest BCUT2D eigenvalue weighted by molar-refractivity contribution is 0.0444. The Hall–Kier alpha value is -0.000000000000000111. The van der Waals surface area contributed by atoms with E-state index in [1.807, 2.05) is 23.5 Å². The Bertz CT molecular complexity index is 421. The molecule has 0 aromatic carbocycles. The summed E-state index contributed by atoms with van der Waals surface area (Å²) in [6.45, 7) is 4.21. The van der Waals surface area contributed by atoms with Gasteiger partial charge in [-0.25, -0.2) is 0 Å². The Balaban J connectivity index is 2.27. The van der Waals surface area contributed by atoms with Gasteiger partial charge in [-0.3, -0.25) is 4.68 Å². The predicted molar refractivity (Wildman–Crippen MR) is 75.5 cm³/mol. The molecule has 2 atom stereocenters. The molecule has 17 heavy (non-hydrogen) atoms. The average molecular weight is 319 g/mol. The Labute approximate surface area is 115 Å². The van der Waals surface area contributed by atoms with Crippen LogP contribution in [-0.2, 0) is 19.9 Å². The third-order valence-electron chi connectivity index (χ3n) is 3.64. The molecule has 2 rings (SSSR count). The molecule has 2 unspecified atom stereocenters. The van der Waals surface area contributed by atoms with E-state index in [-0.39, 0.29) is 0 Å². The first-order valence-corrected chi connectivity index (χ1v) is 7.86. The molecule has 1 N–H and O–H groups in total. The minimum atomic E-state index is -0.577. The largest absolute Gasteiger partial charge is 0.388 e. The summed E-state index contributed by atoms with van der Waals surface area (Å²) in [5, 5.41) is 15.4. The van der Waals surface area contributed by atoms with Crippen LogP contribution in [0.4, 0.5) is 0 Å².